The first-order valence-electron chi connectivity index (χ1n) is 8.01. The van der Waals surface area contributed by atoms with Crippen LogP contribution in [0.25, 0.3) is 11.0 Å². The van der Waals surface area contributed by atoms with E-state index < -0.39 is 0 Å². The maximum Gasteiger partial charge on any atom is 0.358 e. The van der Waals surface area contributed by atoms with Gasteiger partial charge in [-0.2, -0.15) is 0 Å². The summed E-state index contributed by atoms with van der Waals surface area (Å²) in [6, 6.07) is 8.63. The van der Waals surface area contributed by atoms with Gasteiger partial charge in [0.2, 0.25) is 0 Å². The highest BCUT2D eigenvalue weighted by molar-refractivity contribution is 5.73. The molecule has 0 bridgehead atoms. The van der Waals surface area contributed by atoms with Gasteiger partial charge in [0.1, 0.15) is 30.7 Å². The van der Waals surface area contributed by atoms with E-state index in [-0.39, 0.29) is 0 Å². The number of H-pyrrole nitrogens is 1. The van der Waals surface area contributed by atoms with Crippen molar-refractivity contribution in [3.63, 3.8) is 0 Å². The normalized spacial score (nSPS) is 19.7. The maximum absolute atomic E-state index is 3.59. The molecule has 0 radical (unpaired) electrons. The number of piperidine rings is 1. The van der Waals surface area contributed by atoms with E-state index >= 15 is 0 Å². The predicted molar refractivity (Wildman–Crippen MR) is 80.1 cm³/mol. The van der Waals surface area contributed by atoms with Crippen molar-refractivity contribution in [2.24, 2.45) is 0 Å². The summed E-state index contributed by atoms with van der Waals surface area (Å²) in [5, 5.41) is 0. The van der Waals surface area contributed by atoms with Gasteiger partial charge in [-0.3, -0.25) is 4.90 Å². The minimum atomic E-state index is 1.12. The average molecular weight is 272 g/mol. The number of rotatable bonds is 3. The molecule has 0 unspecified atom stereocenters. The van der Waals surface area contributed by atoms with Crippen molar-refractivity contribution in [1.82, 2.24) is 4.98 Å². The Morgan fingerprint density at radius 2 is 2.00 bits per heavy atom. The second kappa shape index (κ2) is 5.09. The van der Waals surface area contributed by atoms with Gasteiger partial charge >= 0.3 is 5.95 Å². The number of fused-ring (bicyclic) bond motifs is 3. The van der Waals surface area contributed by atoms with E-state index in [0.29, 0.717) is 0 Å². The van der Waals surface area contributed by atoms with Gasteiger partial charge in [0.05, 0.1) is 19.6 Å². The Labute approximate surface area is 120 Å². The number of hydrogen-bond donors (Lipinski definition) is 2. The van der Waals surface area contributed by atoms with Crippen molar-refractivity contribution in [3.05, 3.63) is 24.3 Å². The number of nitrogens with one attached hydrogen (secondary N) is 2. The molecule has 1 aromatic carbocycles. The fourth-order valence-electron chi connectivity index (χ4n) is 3.73. The molecule has 4 nitrogen and oxygen atoms in total. The standard InChI is InChI=1S/C16H22N4/c1-4-8-18(9-5-1)10-11-19-12-13-20-15-7-3-2-6-14(15)17-16(19)20/h2-3,6-7H,1,4-5,8-13H2/p+2. The second-order valence-electron chi connectivity index (χ2n) is 6.17. The van der Waals surface area contributed by atoms with E-state index in [2.05, 4.69) is 38.7 Å². The van der Waals surface area contributed by atoms with Gasteiger partial charge in [0.25, 0.3) is 0 Å². The predicted octanol–water partition coefficient (Wildman–Crippen LogP) is 0.344. The zero-order valence-electron chi connectivity index (χ0n) is 12.1. The van der Waals surface area contributed by atoms with Crippen molar-refractivity contribution < 1.29 is 9.47 Å². The van der Waals surface area contributed by atoms with Crippen LogP contribution in [0.3, 0.4) is 0 Å². The second-order valence-corrected chi connectivity index (χ2v) is 6.17. The molecule has 4 heteroatoms. The smallest absolute Gasteiger partial charge is 0.332 e. The van der Waals surface area contributed by atoms with Gasteiger partial charge in [-0.05, 0) is 31.4 Å². The van der Waals surface area contributed by atoms with E-state index in [9.17, 15) is 0 Å². The zero-order chi connectivity index (χ0) is 13.4. The molecule has 2 aromatic rings. The van der Waals surface area contributed by atoms with Crippen LogP contribution in [-0.4, -0.2) is 37.7 Å². The molecule has 3 heterocycles. The molecular formula is C16H24N4+2. The van der Waals surface area contributed by atoms with Crippen molar-refractivity contribution in [1.29, 1.82) is 0 Å². The summed E-state index contributed by atoms with van der Waals surface area (Å²) in [6.07, 6.45) is 4.28. The summed E-state index contributed by atoms with van der Waals surface area (Å²) in [6.45, 7) is 7.50. The molecule has 0 saturated carbocycles. The highest BCUT2D eigenvalue weighted by Gasteiger charge is 2.31. The Morgan fingerprint density at radius 1 is 1.15 bits per heavy atom. The summed E-state index contributed by atoms with van der Waals surface area (Å²) < 4.78 is 2.43. The molecule has 0 spiro atoms. The number of imidazole rings is 1. The van der Waals surface area contributed by atoms with E-state index in [4.69, 9.17) is 0 Å². The summed E-state index contributed by atoms with van der Waals surface area (Å²) >= 11 is 0. The molecule has 4 rings (SSSR count). The molecule has 106 valence electrons. The lowest BCUT2D eigenvalue weighted by atomic mass is 10.1. The summed E-state index contributed by atoms with van der Waals surface area (Å²) in [7, 11) is 0. The Morgan fingerprint density at radius 3 is 2.90 bits per heavy atom. The highest BCUT2D eigenvalue weighted by atomic mass is 15.4. The number of benzene rings is 1. The summed E-state index contributed by atoms with van der Waals surface area (Å²) in [5.74, 6) is 1.31. The van der Waals surface area contributed by atoms with Crippen LogP contribution in [0.15, 0.2) is 24.3 Å². The first-order valence-corrected chi connectivity index (χ1v) is 8.01. The quantitative estimate of drug-likeness (QED) is 0.775. The van der Waals surface area contributed by atoms with Crippen LogP contribution in [-0.2, 0) is 6.54 Å². The van der Waals surface area contributed by atoms with E-state index in [1.165, 1.54) is 62.4 Å². The molecule has 2 aliphatic rings. The number of aromatic nitrogens is 2. The molecule has 0 amide bonds. The van der Waals surface area contributed by atoms with Crippen LogP contribution in [0, 0.1) is 0 Å². The van der Waals surface area contributed by atoms with Crippen LogP contribution < -0.4 is 14.4 Å². The highest BCUT2D eigenvalue weighted by Crippen LogP contribution is 2.18. The van der Waals surface area contributed by atoms with Gasteiger partial charge in [-0.1, -0.05) is 12.1 Å². The number of nitrogens with zero attached hydrogens (tertiary/aromatic N) is 2. The van der Waals surface area contributed by atoms with E-state index in [0.717, 1.165) is 13.1 Å². The lowest BCUT2D eigenvalue weighted by Gasteiger charge is -2.24. The molecule has 2 aliphatic heterocycles. The van der Waals surface area contributed by atoms with E-state index in [1.54, 1.807) is 4.90 Å². The first kappa shape index (κ1) is 12.2. The van der Waals surface area contributed by atoms with E-state index in [1.807, 2.05) is 0 Å². The minimum absolute atomic E-state index is 1.12. The zero-order valence-corrected chi connectivity index (χ0v) is 12.1. The minimum Gasteiger partial charge on any atom is -0.332 e. The van der Waals surface area contributed by atoms with Crippen LogP contribution in [0.4, 0.5) is 5.95 Å². The monoisotopic (exact) mass is 272 g/mol. The molecular weight excluding hydrogens is 248 g/mol. The number of hydrogen-bond acceptors (Lipinski definition) is 1. The number of quaternary nitrogens is 1. The summed E-state index contributed by atoms with van der Waals surface area (Å²) in [5.41, 5.74) is 2.60. The Balaban J connectivity index is 1.49. The van der Waals surface area contributed by atoms with Gasteiger partial charge in [-0.15, -0.1) is 0 Å². The van der Waals surface area contributed by atoms with Crippen molar-refractivity contribution in [2.75, 3.05) is 37.6 Å². The average Bonchev–Trinajstić information content (AvgIpc) is 3.05. The SMILES string of the molecule is c1ccc2c(c1)[nH]c1[n+]2CCN1CC[NH+]1CCCCC1. The lowest BCUT2D eigenvalue weighted by molar-refractivity contribution is -0.903. The number of anilines is 1. The van der Waals surface area contributed by atoms with Crippen molar-refractivity contribution in [2.45, 2.75) is 25.8 Å². The molecule has 0 aliphatic carbocycles. The molecule has 20 heavy (non-hydrogen) atoms. The lowest BCUT2D eigenvalue weighted by Crippen LogP contribution is -3.13. The third-order valence-electron chi connectivity index (χ3n) is 4.89. The first-order chi connectivity index (χ1) is 9.92. The van der Waals surface area contributed by atoms with Crippen LogP contribution in [0.1, 0.15) is 19.3 Å². The largest absolute Gasteiger partial charge is 0.358 e. The van der Waals surface area contributed by atoms with Gasteiger partial charge < -0.3 is 4.90 Å². The topological polar surface area (TPSA) is 27.3 Å². The van der Waals surface area contributed by atoms with Crippen LogP contribution in [0.2, 0.25) is 0 Å². The molecule has 0 atom stereocenters. The van der Waals surface area contributed by atoms with Crippen LogP contribution in [0.5, 0.6) is 0 Å². The number of likely N-dealkylation sites (tertiary alicyclic amines) is 1. The maximum atomic E-state index is 3.59. The Bertz CT molecular complexity index is 598. The fourth-order valence-corrected chi connectivity index (χ4v) is 3.73. The van der Waals surface area contributed by atoms with Gasteiger partial charge in [0.15, 0.2) is 0 Å². The Kier molecular flexibility index (Phi) is 3.11. The van der Waals surface area contributed by atoms with Gasteiger partial charge in [0, 0.05) is 0 Å². The van der Waals surface area contributed by atoms with Crippen LogP contribution >= 0.6 is 0 Å². The van der Waals surface area contributed by atoms with Crippen molar-refractivity contribution >= 4 is 17.0 Å². The summed E-state index contributed by atoms with van der Waals surface area (Å²) in [4.78, 5) is 7.92. The fraction of sp³-hybridized carbons (Fsp3) is 0.562. The third kappa shape index (κ3) is 2.08. The Hall–Kier alpha value is -1.55. The molecule has 2 N–H and O–H groups in total. The number of aromatic amines is 1. The van der Waals surface area contributed by atoms with Gasteiger partial charge in [-0.25, -0.2) is 9.55 Å². The molecule has 1 aromatic heterocycles. The molecule has 1 saturated heterocycles. The number of para-hydroxylation sites is 2. The molecule has 1 fully saturated rings. The third-order valence-corrected chi connectivity index (χ3v) is 4.89. The van der Waals surface area contributed by atoms with Crippen molar-refractivity contribution in [3.8, 4) is 0 Å².